The van der Waals surface area contributed by atoms with Crippen molar-refractivity contribution in [3.05, 3.63) is 63.7 Å². The van der Waals surface area contributed by atoms with Crippen LogP contribution in [-0.4, -0.2) is 23.3 Å². The van der Waals surface area contributed by atoms with Crippen molar-refractivity contribution in [1.82, 2.24) is 4.98 Å². The average molecular weight is 340 g/mol. The van der Waals surface area contributed by atoms with Gasteiger partial charge in [-0.05, 0) is 50.1 Å². The predicted octanol–water partition coefficient (Wildman–Crippen LogP) is 3.74. The summed E-state index contributed by atoms with van der Waals surface area (Å²) in [6.45, 7) is 5.17. The molecule has 128 valence electrons. The molecule has 5 nitrogen and oxygen atoms in total. The van der Waals surface area contributed by atoms with Gasteiger partial charge in [-0.15, -0.1) is 0 Å². The second-order valence-electron chi connectivity index (χ2n) is 5.40. The Morgan fingerprint density at radius 2 is 2.08 bits per heavy atom. The van der Waals surface area contributed by atoms with Crippen LogP contribution in [0.15, 0.2) is 29.8 Å². The first-order valence-corrected chi connectivity index (χ1v) is 7.67. The van der Waals surface area contributed by atoms with Crippen molar-refractivity contribution in [3.8, 4) is 6.07 Å². The first-order valence-electron chi connectivity index (χ1n) is 7.67. The Morgan fingerprint density at radius 1 is 1.36 bits per heavy atom. The zero-order valence-corrected chi connectivity index (χ0v) is 14.1. The number of benzene rings is 1. The maximum absolute atomic E-state index is 13.3. The third-order valence-electron chi connectivity index (χ3n) is 3.67. The molecule has 0 spiro atoms. The van der Waals surface area contributed by atoms with Crippen LogP contribution >= 0.6 is 0 Å². The number of aryl methyl sites for hydroxylation is 1. The molecule has 2 rings (SSSR count). The van der Waals surface area contributed by atoms with E-state index in [0.29, 0.717) is 16.8 Å². The van der Waals surface area contributed by atoms with Gasteiger partial charge in [0.25, 0.3) is 0 Å². The first-order chi connectivity index (χ1) is 11.9. The van der Waals surface area contributed by atoms with Gasteiger partial charge in [-0.1, -0.05) is 12.1 Å². The number of aromatic nitrogens is 1. The molecule has 25 heavy (non-hydrogen) atoms. The number of hydrogen-bond acceptors (Lipinski definition) is 4. The lowest BCUT2D eigenvalue weighted by atomic mass is 10.0. The van der Waals surface area contributed by atoms with Crippen LogP contribution in [-0.2, 0) is 4.74 Å². The minimum atomic E-state index is -0.567. The lowest BCUT2D eigenvalue weighted by molar-refractivity contribution is 0.0525. The summed E-state index contributed by atoms with van der Waals surface area (Å²) >= 11 is 0. The Morgan fingerprint density at radius 3 is 2.68 bits per heavy atom. The molecule has 0 fully saturated rings. The molecule has 0 unspecified atom stereocenters. The van der Waals surface area contributed by atoms with E-state index in [-0.39, 0.29) is 23.4 Å². The summed E-state index contributed by atoms with van der Waals surface area (Å²) in [4.78, 5) is 27.5. The molecule has 0 atom stereocenters. The molecule has 0 radical (unpaired) electrons. The molecular formula is C19H17FN2O3. The van der Waals surface area contributed by atoms with Gasteiger partial charge in [0.05, 0.1) is 17.9 Å². The predicted molar refractivity (Wildman–Crippen MR) is 90.5 cm³/mol. The van der Waals surface area contributed by atoms with E-state index in [9.17, 15) is 19.2 Å². The van der Waals surface area contributed by atoms with E-state index in [1.165, 1.54) is 24.3 Å². The number of nitrogens with zero attached hydrogens (tertiary/aromatic N) is 1. The topological polar surface area (TPSA) is 83.0 Å². The number of carbonyl (C=O) groups excluding carboxylic acids is 2. The molecular weight excluding hydrogens is 323 g/mol. The van der Waals surface area contributed by atoms with Crippen LogP contribution in [0.2, 0.25) is 0 Å². The lowest BCUT2D eigenvalue weighted by Crippen LogP contribution is -2.08. The monoisotopic (exact) mass is 340 g/mol. The van der Waals surface area contributed by atoms with Gasteiger partial charge >= 0.3 is 5.97 Å². The smallest absolute Gasteiger partial charge is 0.340 e. The fourth-order valence-electron chi connectivity index (χ4n) is 2.53. The third kappa shape index (κ3) is 3.83. The first kappa shape index (κ1) is 18.1. The van der Waals surface area contributed by atoms with Crippen molar-refractivity contribution in [2.24, 2.45) is 0 Å². The second-order valence-corrected chi connectivity index (χ2v) is 5.40. The molecule has 6 heteroatoms. The molecule has 0 amide bonds. The molecule has 1 heterocycles. The summed E-state index contributed by atoms with van der Waals surface area (Å²) in [5, 5.41) is 9.31. The van der Waals surface area contributed by atoms with Crippen LogP contribution in [0.1, 0.15) is 44.6 Å². The second kappa shape index (κ2) is 7.58. The largest absolute Gasteiger partial charge is 0.462 e. The van der Waals surface area contributed by atoms with Gasteiger partial charge in [0.1, 0.15) is 17.5 Å². The van der Waals surface area contributed by atoms with Gasteiger partial charge in [0, 0.05) is 5.69 Å². The van der Waals surface area contributed by atoms with Crippen LogP contribution in [0.25, 0.3) is 6.08 Å². The SMILES string of the molecule is CCOC(=O)c1c(C)[nH]c(C(=O)C(C#N)=Cc2cccc(F)c2)c1C. The van der Waals surface area contributed by atoms with E-state index >= 15 is 0 Å². The Balaban J connectivity index is 2.44. The minimum Gasteiger partial charge on any atom is -0.462 e. The third-order valence-corrected chi connectivity index (χ3v) is 3.67. The number of nitrogens with one attached hydrogen (secondary N) is 1. The summed E-state index contributed by atoms with van der Waals surface area (Å²) < 4.78 is 18.3. The van der Waals surface area contributed by atoms with Crippen molar-refractivity contribution in [1.29, 1.82) is 5.26 Å². The van der Waals surface area contributed by atoms with Crippen molar-refractivity contribution in [2.75, 3.05) is 6.61 Å². The Bertz CT molecular complexity index is 904. The normalized spacial score (nSPS) is 11.1. The molecule has 0 saturated carbocycles. The van der Waals surface area contributed by atoms with Crippen molar-refractivity contribution >= 4 is 17.8 Å². The van der Waals surface area contributed by atoms with E-state index in [0.717, 1.165) is 0 Å². The van der Waals surface area contributed by atoms with Crippen LogP contribution in [0.5, 0.6) is 0 Å². The van der Waals surface area contributed by atoms with Crippen LogP contribution in [0.4, 0.5) is 4.39 Å². The number of esters is 1. The standard InChI is InChI=1S/C19H17FN2O3/c1-4-25-19(24)16-11(2)17(22-12(16)3)18(23)14(10-21)8-13-6-5-7-15(20)9-13/h5-9,22H,4H2,1-3H3. The zero-order chi connectivity index (χ0) is 18.6. The fraction of sp³-hybridized carbons (Fsp3) is 0.211. The Kier molecular flexibility index (Phi) is 5.50. The van der Waals surface area contributed by atoms with Crippen molar-refractivity contribution < 1.29 is 18.7 Å². The number of halogens is 1. The van der Waals surface area contributed by atoms with Gasteiger partial charge in [-0.3, -0.25) is 4.79 Å². The van der Waals surface area contributed by atoms with Crippen molar-refractivity contribution in [3.63, 3.8) is 0 Å². The number of allylic oxidation sites excluding steroid dienone is 1. The van der Waals surface area contributed by atoms with Crippen LogP contribution in [0, 0.1) is 31.0 Å². The minimum absolute atomic E-state index is 0.143. The number of Topliss-reactive ketones (excluding diaryl/α,β-unsaturated/α-hetero) is 1. The Labute approximate surface area is 144 Å². The summed E-state index contributed by atoms with van der Waals surface area (Å²) in [5.74, 6) is -1.56. The number of ketones is 1. The quantitative estimate of drug-likeness (QED) is 0.389. The van der Waals surface area contributed by atoms with Gasteiger partial charge in [0.2, 0.25) is 5.78 Å². The van der Waals surface area contributed by atoms with Gasteiger partial charge in [0.15, 0.2) is 0 Å². The maximum atomic E-state index is 13.3. The van der Waals surface area contributed by atoms with Crippen LogP contribution < -0.4 is 0 Å². The van der Waals surface area contributed by atoms with Gasteiger partial charge < -0.3 is 9.72 Å². The highest BCUT2D eigenvalue weighted by Gasteiger charge is 2.24. The van der Waals surface area contributed by atoms with E-state index in [2.05, 4.69) is 4.98 Å². The molecule has 1 aromatic carbocycles. The Hall–Kier alpha value is -3.20. The van der Waals surface area contributed by atoms with Gasteiger partial charge in [-0.25, -0.2) is 9.18 Å². The highest BCUT2D eigenvalue weighted by Crippen LogP contribution is 2.22. The lowest BCUT2D eigenvalue weighted by Gasteiger charge is -2.02. The summed E-state index contributed by atoms with van der Waals surface area (Å²) in [7, 11) is 0. The number of carbonyl (C=O) groups is 2. The number of rotatable bonds is 5. The number of ether oxygens (including phenoxy) is 1. The molecule has 1 aromatic heterocycles. The highest BCUT2D eigenvalue weighted by molar-refractivity contribution is 6.15. The van der Waals surface area contributed by atoms with E-state index < -0.39 is 17.6 Å². The fourth-order valence-corrected chi connectivity index (χ4v) is 2.53. The van der Waals surface area contributed by atoms with E-state index in [4.69, 9.17) is 4.74 Å². The molecule has 0 saturated heterocycles. The molecule has 0 bridgehead atoms. The molecule has 0 aliphatic carbocycles. The molecule has 0 aliphatic rings. The zero-order valence-electron chi connectivity index (χ0n) is 14.1. The average Bonchev–Trinajstić information content (AvgIpc) is 2.87. The molecule has 0 aliphatic heterocycles. The van der Waals surface area contributed by atoms with E-state index in [1.54, 1.807) is 26.8 Å². The number of nitriles is 1. The summed E-state index contributed by atoms with van der Waals surface area (Å²) in [6, 6.07) is 7.41. The number of H-pyrrole nitrogens is 1. The number of hydrogen-bond donors (Lipinski definition) is 1. The summed E-state index contributed by atoms with van der Waals surface area (Å²) in [6.07, 6.45) is 1.31. The highest BCUT2D eigenvalue weighted by atomic mass is 19.1. The summed E-state index contributed by atoms with van der Waals surface area (Å²) in [5.41, 5.74) is 1.57. The maximum Gasteiger partial charge on any atom is 0.340 e. The van der Waals surface area contributed by atoms with E-state index in [1.807, 2.05) is 6.07 Å². The number of aromatic amines is 1. The van der Waals surface area contributed by atoms with Crippen LogP contribution in [0.3, 0.4) is 0 Å². The van der Waals surface area contributed by atoms with Crippen molar-refractivity contribution in [2.45, 2.75) is 20.8 Å². The van der Waals surface area contributed by atoms with Gasteiger partial charge in [-0.2, -0.15) is 5.26 Å². The molecule has 2 aromatic rings. The molecule has 1 N–H and O–H groups in total.